The molecule has 1 heterocycles. The monoisotopic (exact) mass is 371 g/mol. The SMILES string of the molecule is CCC(C)(Nc1ccc(OC)cc1)c1nnnn1-c1cc(Cl)ccc1C. The van der Waals surface area contributed by atoms with Gasteiger partial charge in [-0.1, -0.05) is 24.6 Å². The average Bonchev–Trinajstić information content (AvgIpc) is 3.14. The maximum absolute atomic E-state index is 6.18. The minimum atomic E-state index is -0.465. The highest BCUT2D eigenvalue weighted by Gasteiger charge is 2.32. The van der Waals surface area contributed by atoms with Crippen molar-refractivity contribution in [2.75, 3.05) is 12.4 Å². The molecule has 6 nitrogen and oxygen atoms in total. The van der Waals surface area contributed by atoms with Crippen LogP contribution in [0.3, 0.4) is 0 Å². The summed E-state index contributed by atoms with van der Waals surface area (Å²) in [5.41, 5.74) is 2.42. The van der Waals surface area contributed by atoms with Gasteiger partial charge in [-0.15, -0.1) is 5.10 Å². The molecule has 0 spiro atoms. The summed E-state index contributed by atoms with van der Waals surface area (Å²) < 4.78 is 6.97. The lowest BCUT2D eigenvalue weighted by molar-refractivity contribution is 0.414. The van der Waals surface area contributed by atoms with Gasteiger partial charge >= 0.3 is 0 Å². The molecule has 0 aliphatic carbocycles. The van der Waals surface area contributed by atoms with Crippen molar-refractivity contribution in [1.29, 1.82) is 0 Å². The predicted molar refractivity (Wildman–Crippen MR) is 103 cm³/mol. The number of nitrogens with one attached hydrogen (secondary N) is 1. The van der Waals surface area contributed by atoms with Gasteiger partial charge < -0.3 is 10.1 Å². The molecule has 0 amide bonds. The van der Waals surface area contributed by atoms with Crippen LogP contribution in [-0.4, -0.2) is 27.3 Å². The van der Waals surface area contributed by atoms with Crippen molar-refractivity contribution in [2.45, 2.75) is 32.7 Å². The molecular weight excluding hydrogens is 350 g/mol. The van der Waals surface area contributed by atoms with Gasteiger partial charge in [0, 0.05) is 10.7 Å². The third-order valence-corrected chi connectivity index (χ3v) is 4.81. The summed E-state index contributed by atoms with van der Waals surface area (Å²) >= 11 is 6.18. The quantitative estimate of drug-likeness (QED) is 0.697. The molecule has 0 bridgehead atoms. The fraction of sp³-hybridized carbons (Fsp3) is 0.316. The number of rotatable bonds is 6. The maximum atomic E-state index is 6.18. The van der Waals surface area contributed by atoms with Gasteiger partial charge in [-0.2, -0.15) is 4.68 Å². The highest BCUT2D eigenvalue weighted by atomic mass is 35.5. The summed E-state index contributed by atoms with van der Waals surface area (Å²) in [6, 6.07) is 13.5. The minimum absolute atomic E-state index is 0.465. The topological polar surface area (TPSA) is 64.9 Å². The third-order valence-electron chi connectivity index (χ3n) is 4.58. The predicted octanol–water partition coefficient (Wildman–Crippen LogP) is 4.37. The number of nitrogens with zero attached hydrogens (tertiary/aromatic N) is 4. The highest BCUT2D eigenvalue weighted by Crippen LogP contribution is 2.31. The Bertz CT molecular complexity index is 893. The summed E-state index contributed by atoms with van der Waals surface area (Å²) in [6.45, 7) is 6.19. The first-order valence-corrected chi connectivity index (χ1v) is 8.82. The van der Waals surface area contributed by atoms with E-state index in [-0.39, 0.29) is 0 Å². The van der Waals surface area contributed by atoms with Gasteiger partial charge in [0.15, 0.2) is 5.82 Å². The van der Waals surface area contributed by atoms with E-state index in [4.69, 9.17) is 16.3 Å². The number of aromatic nitrogens is 4. The lowest BCUT2D eigenvalue weighted by atomic mass is 9.96. The van der Waals surface area contributed by atoms with E-state index >= 15 is 0 Å². The fourth-order valence-corrected chi connectivity index (χ4v) is 2.97. The second-order valence-electron chi connectivity index (χ2n) is 6.38. The molecule has 0 radical (unpaired) electrons. The second-order valence-corrected chi connectivity index (χ2v) is 6.82. The van der Waals surface area contributed by atoms with Crippen molar-refractivity contribution in [3.05, 3.63) is 58.9 Å². The second kappa shape index (κ2) is 7.33. The van der Waals surface area contributed by atoms with E-state index in [1.807, 2.05) is 49.4 Å². The Morgan fingerprint density at radius 1 is 1.19 bits per heavy atom. The first-order chi connectivity index (χ1) is 12.5. The first-order valence-electron chi connectivity index (χ1n) is 8.44. The van der Waals surface area contributed by atoms with Gasteiger partial charge in [0.2, 0.25) is 0 Å². The van der Waals surface area contributed by atoms with E-state index in [1.165, 1.54) is 0 Å². The van der Waals surface area contributed by atoms with Gasteiger partial charge in [0.05, 0.1) is 18.3 Å². The van der Waals surface area contributed by atoms with Gasteiger partial charge in [-0.05, 0) is 72.7 Å². The lowest BCUT2D eigenvalue weighted by Crippen LogP contribution is -2.34. The molecule has 136 valence electrons. The zero-order valence-electron chi connectivity index (χ0n) is 15.3. The Hall–Kier alpha value is -2.60. The molecule has 0 saturated heterocycles. The van der Waals surface area contributed by atoms with Gasteiger partial charge in [0.25, 0.3) is 0 Å². The number of anilines is 1. The van der Waals surface area contributed by atoms with Crippen molar-refractivity contribution in [1.82, 2.24) is 20.2 Å². The van der Waals surface area contributed by atoms with Crippen molar-refractivity contribution in [2.24, 2.45) is 0 Å². The molecule has 7 heteroatoms. The Morgan fingerprint density at radius 3 is 2.58 bits per heavy atom. The van der Waals surface area contributed by atoms with Crippen LogP contribution in [0.2, 0.25) is 5.02 Å². The molecule has 0 saturated carbocycles. The maximum Gasteiger partial charge on any atom is 0.181 e. The molecular formula is C19H22ClN5O. The molecule has 0 aliphatic rings. The Labute approximate surface area is 158 Å². The zero-order valence-corrected chi connectivity index (χ0v) is 16.1. The Kier molecular flexibility index (Phi) is 5.13. The number of methoxy groups -OCH3 is 1. The van der Waals surface area contributed by atoms with Crippen molar-refractivity contribution in [3.8, 4) is 11.4 Å². The Balaban J connectivity index is 2.00. The number of ether oxygens (including phenoxy) is 1. The van der Waals surface area contributed by atoms with Crippen LogP contribution in [0.25, 0.3) is 5.69 Å². The molecule has 3 rings (SSSR count). The summed E-state index contributed by atoms with van der Waals surface area (Å²) in [7, 11) is 1.65. The smallest absolute Gasteiger partial charge is 0.181 e. The van der Waals surface area contributed by atoms with E-state index in [0.29, 0.717) is 5.02 Å². The number of tetrazole rings is 1. The van der Waals surface area contributed by atoms with Crippen LogP contribution in [-0.2, 0) is 5.54 Å². The van der Waals surface area contributed by atoms with Crippen molar-refractivity contribution < 1.29 is 4.74 Å². The lowest BCUT2D eigenvalue weighted by Gasteiger charge is -2.29. The number of hydrogen-bond acceptors (Lipinski definition) is 5. The van der Waals surface area contributed by atoms with Crippen LogP contribution in [0.1, 0.15) is 31.7 Å². The van der Waals surface area contributed by atoms with Gasteiger partial charge in [-0.3, -0.25) is 0 Å². The number of aryl methyl sites for hydroxylation is 1. The van der Waals surface area contributed by atoms with Crippen LogP contribution in [0.4, 0.5) is 5.69 Å². The van der Waals surface area contributed by atoms with Gasteiger partial charge in [-0.25, -0.2) is 0 Å². The van der Waals surface area contributed by atoms with Crippen molar-refractivity contribution >= 4 is 17.3 Å². The molecule has 1 aromatic heterocycles. The van der Waals surface area contributed by atoms with Gasteiger partial charge in [0.1, 0.15) is 5.75 Å². The highest BCUT2D eigenvalue weighted by molar-refractivity contribution is 6.30. The molecule has 1 N–H and O–H groups in total. The van der Waals surface area contributed by atoms with Crippen LogP contribution in [0.15, 0.2) is 42.5 Å². The number of benzene rings is 2. The summed E-state index contributed by atoms with van der Waals surface area (Å²) in [5.74, 6) is 1.54. The van der Waals surface area contributed by atoms with E-state index in [9.17, 15) is 0 Å². The van der Waals surface area contributed by atoms with Crippen LogP contribution in [0.5, 0.6) is 5.75 Å². The molecule has 26 heavy (non-hydrogen) atoms. The third kappa shape index (κ3) is 3.51. The van der Waals surface area contributed by atoms with E-state index in [2.05, 4.69) is 34.7 Å². The first kappa shape index (κ1) is 18.2. The summed E-state index contributed by atoms with van der Waals surface area (Å²) in [6.07, 6.45) is 0.791. The summed E-state index contributed by atoms with van der Waals surface area (Å²) in [4.78, 5) is 0. The number of halogens is 1. The van der Waals surface area contributed by atoms with Crippen LogP contribution in [0, 0.1) is 6.92 Å². The van der Waals surface area contributed by atoms with Crippen LogP contribution < -0.4 is 10.1 Å². The zero-order chi connectivity index (χ0) is 18.7. The average molecular weight is 372 g/mol. The molecule has 2 aromatic carbocycles. The normalized spacial score (nSPS) is 13.3. The summed E-state index contributed by atoms with van der Waals surface area (Å²) in [5, 5.41) is 16.6. The van der Waals surface area contributed by atoms with E-state index in [0.717, 1.165) is 34.9 Å². The largest absolute Gasteiger partial charge is 0.497 e. The molecule has 1 unspecified atom stereocenters. The molecule has 3 aromatic rings. The fourth-order valence-electron chi connectivity index (χ4n) is 2.80. The van der Waals surface area contributed by atoms with E-state index in [1.54, 1.807) is 11.8 Å². The molecule has 0 fully saturated rings. The number of hydrogen-bond donors (Lipinski definition) is 1. The van der Waals surface area contributed by atoms with Crippen molar-refractivity contribution in [3.63, 3.8) is 0 Å². The molecule has 0 aliphatic heterocycles. The minimum Gasteiger partial charge on any atom is -0.497 e. The molecule has 1 atom stereocenters. The Morgan fingerprint density at radius 2 is 1.92 bits per heavy atom. The standard InChI is InChI=1S/C19H22ClN5O/c1-5-19(3,21-15-8-10-16(26-4)11-9-15)18-22-23-24-25(18)17-12-14(20)7-6-13(17)2/h6-12,21H,5H2,1-4H3. The van der Waals surface area contributed by atoms with Crippen LogP contribution >= 0.6 is 11.6 Å². The van der Waals surface area contributed by atoms with E-state index < -0.39 is 5.54 Å².